The lowest BCUT2D eigenvalue weighted by Crippen LogP contribution is -2.55. The van der Waals surface area contributed by atoms with Crippen molar-refractivity contribution in [2.45, 2.75) is 91.9 Å². The van der Waals surface area contributed by atoms with Crippen LogP contribution in [-0.2, 0) is 12.8 Å². The standard InChI is InChI=1S/C49H55N3OSi/c1-11-26-51-33(7)47-38(36-18-13-14-19-37(36)43-28-35(27-30(3)4)44(29-52(43)47)54(8,9)10)22-20-34-21-23-39-40-24-25-41(45-31(5)16-15-17-32(45)6)50-49(40)53-48(39)46(34)42(51)12-2/h12-19,21,23-25,28-30,38,47H,2,7,11,20,22,26-27H2,1,3-6,8-10H3/q+2. The molecule has 0 aliphatic carbocycles. The van der Waals surface area contributed by atoms with Crippen LogP contribution in [0, 0.1) is 19.8 Å². The molecule has 274 valence electrons. The first-order valence-electron chi connectivity index (χ1n) is 20.0. The molecular weight excluding hydrogens is 675 g/mol. The highest BCUT2D eigenvalue weighted by atomic mass is 28.3. The van der Waals surface area contributed by atoms with E-state index in [0.29, 0.717) is 11.6 Å². The summed E-state index contributed by atoms with van der Waals surface area (Å²) in [7, 11) is -1.69. The molecule has 2 aliphatic rings. The number of hydrogen-bond acceptors (Lipinski definition) is 2. The van der Waals surface area contributed by atoms with Gasteiger partial charge in [0.05, 0.1) is 25.2 Å². The van der Waals surface area contributed by atoms with Crippen LogP contribution in [0.1, 0.15) is 79.0 Å². The van der Waals surface area contributed by atoms with E-state index in [2.05, 4.69) is 149 Å². The van der Waals surface area contributed by atoms with Crippen LogP contribution in [0.5, 0.6) is 0 Å². The molecular formula is C49H55N3OSi+2. The summed E-state index contributed by atoms with van der Waals surface area (Å²) in [6.07, 6.45) is 8.56. The van der Waals surface area contributed by atoms with Gasteiger partial charge in [-0.1, -0.05) is 95.5 Å². The van der Waals surface area contributed by atoms with Crippen molar-refractivity contribution in [3.8, 4) is 22.5 Å². The highest BCUT2D eigenvalue weighted by molar-refractivity contribution is 6.89. The minimum atomic E-state index is -1.69. The molecule has 6 aromatic rings. The largest absolute Gasteiger partial charge is 0.437 e. The first-order chi connectivity index (χ1) is 25.9. The van der Waals surface area contributed by atoms with E-state index in [0.717, 1.165) is 71.2 Å². The van der Waals surface area contributed by atoms with Crippen LogP contribution >= 0.6 is 0 Å². The molecule has 0 saturated carbocycles. The molecule has 5 heterocycles. The van der Waals surface area contributed by atoms with Gasteiger partial charge in [-0.2, -0.15) is 9.14 Å². The zero-order valence-corrected chi connectivity index (χ0v) is 34.5. The quantitative estimate of drug-likeness (QED) is 0.121. The fraction of sp³-hybridized carbons (Fsp3) is 0.327. The molecule has 3 aromatic carbocycles. The van der Waals surface area contributed by atoms with E-state index in [4.69, 9.17) is 16.0 Å². The molecule has 0 fully saturated rings. The summed E-state index contributed by atoms with van der Waals surface area (Å²) in [4.78, 5) is 5.16. The third-order valence-corrected chi connectivity index (χ3v) is 14.0. The second-order valence-electron chi connectivity index (χ2n) is 17.2. The van der Waals surface area contributed by atoms with E-state index in [-0.39, 0.29) is 12.0 Å². The predicted octanol–water partition coefficient (Wildman–Crippen LogP) is 11.2. The maximum atomic E-state index is 6.92. The summed E-state index contributed by atoms with van der Waals surface area (Å²) in [6.45, 7) is 29.1. The van der Waals surface area contributed by atoms with Gasteiger partial charge in [0, 0.05) is 45.6 Å². The molecule has 5 heteroatoms. The topological polar surface area (TPSA) is 32.9 Å². The molecule has 8 rings (SSSR count). The monoisotopic (exact) mass is 729 g/mol. The van der Waals surface area contributed by atoms with E-state index < -0.39 is 8.07 Å². The molecule has 2 unspecified atom stereocenters. The molecule has 0 N–H and O–H groups in total. The van der Waals surface area contributed by atoms with Crippen molar-refractivity contribution in [2.24, 2.45) is 5.92 Å². The van der Waals surface area contributed by atoms with E-state index in [1.807, 2.05) is 6.08 Å². The van der Waals surface area contributed by atoms with E-state index in [1.165, 1.54) is 44.6 Å². The van der Waals surface area contributed by atoms with Crippen LogP contribution in [0.25, 0.3) is 44.6 Å². The lowest BCUT2D eigenvalue weighted by molar-refractivity contribution is -0.727. The fourth-order valence-corrected chi connectivity index (χ4v) is 11.2. The highest BCUT2D eigenvalue weighted by Gasteiger charge is 2.48. The smallest absolute Gasteiger partial charge is 0.247 e. The van der Waals surface area contributed by atoms with Crippen LogP contribution in [-0.4, -0.2) is 29.9 Å². The summed E-state index contributed by atoms with van der Waals surface area (Å²) < 4.78 is 12.0. The van der Waals surface area contributed by atoms with Crippen LogP contribution in [0.15, 0.2) is 108 Å². The average Bonchev–Trinajstić information content (AvgIpc) is 3.52. The van der Waals surface area contributed by atoms with Gasteiger partial charge in [0.1, 0.15) is 6.54 Å². The zero-order chi connectivity index (χ0) is 38.1. The van der Waals surface area contributed by atoms with Gasteiger partial charge in [0.2, 0.25) is 28.9 Å². The number of allylic oxidation sites excluding steroid dienone is 2. The predicted molar refractivity (Wildman–Crippen MR) is 229 cm³/mol. The highest BCUT2D eigenvalue weighted by Crippen LogP contribution is 2.45. The third kappa shape index (κ3) is 5.92. The lowest BCUT2D eigenvalue weighted by Gasteiger charge is -2.32. The van der Waals surface area contributed by atoms with Crippen LogP contribution in [0.2, 0.25) is 19.6 Å². The summed E-state index contributed by atoms with van der Waals surface area (Å²) in [6, 6.07) is 27.1. The van der Waals surface area contributed by atoms with Crippen molar-refractivity contribution in [1.29, 1.82) is 0 Å². The number of hydrogen-bond donors (Lipinski definition) is 0. The number of nitrogens with zero attached hydrogens (tertiary/aromatic N) is 3. The Morgan fingerprint density at radius 3 is 2.39 bits per heavy atom. The molecule has 2 atom stereocenters. The molecule has 0 saturated heterocycles. The Bertz CT molecular complexity index is 2510. The first kappa shape index (κ1) is 36.1. The Balaban J connectivity index is 1.38. The normalized spacial score (nSPS) is 17.2. The van der Waals surface area contributed by atoms with Crippen LogP contribution in [0.4, 0.5) is 0 Å². The molecule has 2 aliphatic heterocycles. The fourth-order valence-electron chi connectivity index (χ4n) is 9.53. The van der Waals surface area contributed by atoms with Gasteiger partial charge in [0.15, 0.2) is 11.8 Å². The molecule has 3 aromatic heterocycles. The van der Waals surface area contributed by atoms with Crippen molar-refractivity contribution in [3.05, 3.63) is 137 Å². The summed E-state index contributed by atoms with van der Waals surface area (Å²) in [5.41, 5.74) is 16.3. The minimum Gasteiger partial charge on any atom is -0.437 e. The Hall–Kier alpha value is -4.87. The molecule has 0 radical (unpaired) electrons. The van der Waals surface area contributed by atoms with Crippen molar-refractivity contribution < 1.29 is 13.6 Å². The summed E-state index contributed by atoms with van der Waals surface area (Å²) in [5.74, 6) is 0.835. The Morgan fingerprint density at radius 1 is 0.944 bits per heavy atom. The number of fused-ring (bicyclic) bond motifs is 11. The van der Waals surface area contributed by atoms with Gasteiger partial charge in [0.25, 0.3) is 0 Å². The molecule has 0 spiro atoms. The maximum absolute atomic E-state index is 6.92. The SMILES string of the molecule is C=CC1=[N+](CCC)C(=C)C2C(CCc3ccc4c(oc5nc(-c6c(C)cccc6C)ccc54)c31)c1ccccc1-c1cc(CC(C)C)c([Si](C)(C)C)c[n+]12. The van der Waals surface area contributed by atoms with Crippen molar-refractivity contribution in [2.75, 3.05) is 6.54 Å². The minimum absolute atomic E-state index is 0.0571. The van der Waals surface area contributed by atoms with Crippen LogP contribution < -0.4 is 9.75 Å². The molecule has 0 bridgehead atoms. The number of rotatable bonds is 7. The van der Waals surface area contributed by atoms with Gasteiger partial charge in [-0.05, 0) is 91.6 Å². The third-order valence-electron chi connectivity index (χ3n) is 11.9. The number of aryl methyl sites for hydroxylation is 3. The van der Waals surface area contributed by atoms with Crippen molar-refractivity contribution >= 4 is 41.0 Å². The van der Waals surface area contributed by atoms with Gasteiger partial charge in [-0.15, -0.1) is 0 Å². The lowest BCUT2D eigenvalue weighted by atomic mass is 9.78. The number of pyridine rings is 2. The van der Waals surface area contributed by atoms with Gasteiger partial charge < -0.3 is 4.42 Å². The second kappa shape index (κ2) is 13.8. The molecule has 4 nitrogen and oxygen atoms in total. The summed E-state index contributed by atoms with van der Waals surface area (Å²) >= 11 is 0. The Morgan fingerprint density at radius 2 is 1.69 bits per heavy atom. The zero-order valence-electron chi connectivity index (χ0n) is 33.5. The Kier molecular flexibility index (Phi) is 9.21. The number of benzene rings is 3. The number of aromatic nitrogens is 2. The van der Waals surface area contributed by atoms with Gasteiger partial charge >= 0.3 is 0 Å². The van der Waals surface area contributed by atoms with Gasteiger partial charge in [-0.25, -0.2) is 4.98 Å². The van der Waals surface area contributed by atoms with E-state index in [9.17, 15) is 0 Å². The summed E-state index contributed by atoms with van der Waals surface area (Å²) in [5, 5.41) is 3.68. The average molecular weight is 730 g/mol. The number of furan rings is 1. The first-order valence-corrected chi connectivity index (χ1v) is 23.5. The second-order valence-corrected chi connectivity index (χ2v) is 22.2. The molecule has 0 amide bonds. The van der Waals surface area contributed by atoms with Crippen molar-refractivity contribution in [1.82, 2.24) is 4.98 Å². The van der Waals surface area contributed by atoms with Gasteiger partial charge in [-0.3, -0.25) is 0 Å². The Labute approximate surface area is 322 Å². The van der Waals surface area contributed by atoms with Crippen molar-refractivity contribution in [3.63, 3.8) is 0 Å². The van der Waals surface area contributed by atoms with E-state index >= 15 is 0 Å². The maximum Gasteiger partial charge on any atom is 0.247 e. The molecule has 54 heavy (non-hydrogen) atoms. The van der Waals surface area contributed by atoms with Crippen LogP contribution in [0.3, 0.4) is 0 Å². The van der Waals surface area contributed by atoms with E-state index in [1.54, 1.807) is 5.19 Å².